The molecule has 0 unspecified atom stereocenters. The van der Waals surface area contributed by atoms with E-state index in [0.29, 0.717) is 0 Å². The number of hydrogen-bond acceptors (Lipinski definition) is 4. The van der Waals surface area contributed by atoms with Crippen molar-refractivity contribution in [1.29, 1.82) is 0 Å². The molecule has 4 rings (SSSR count). The van der Waals surface area contributed by atoms with Gasteiger partial charge in [-0.3, -0.25) is 9.69 Å². The highest BCUT2D eigenvalue weighted by Gasteiger charge is 2.36. The predicted molar refractivity (Wildman–Crippen MR) is 135 cm³/mol. The van der Waals surface area contributed by atoms with E-state index in [4.69, 9.17) is 4.74 Å². The Kier molecular flexibility index (Phi) is 7.92. The molecule has 1 saturated carbocycles. The third kappa shape index (κ3) is 6.08. The lowest BCUT2D eigenvalue weighted by atomic mass is 9.75. The molecule has 1 atom stereocenters. The molecule has 0 aromatic heterocycles. The van der Waals surface area contributed by atoms with E-state index in [2.05, 4.69) is 64.5 Å². The minimum absolute atomic E-state index is 0.122. The van der Waals surface area contributed by atoms with Gasteiger partial charge in [-0.25, -0.2) is 0 Å². The van der Waals surface area contributed by atoms with Crippen LogP contribution in [0.1, 0.15) is 44.6 Å². The Morgan fingerprint density at radius 1 is 0.970 bits per heavy atom. The summed E-state index contributed by atoms with van der Waals surface area (Å²) in [5.41, 5.74) is 2.23. The van der Waals surface area contributed by atoms with Crippen LogP contribution in [0.3, 0.4) is 0 Å². The number of nitrogens with one attached hydrogen (secondary N) is 1. The highest BCUT2D eigenvalue weighted by atomic mass is 16.5. The number of rotatable bonds is 8. The third-order valence-corrected chi connectivity index (χ3v) is 7.44. The van der Waals surface area contributed by atoms with Crippen molar-refractivity contribution in [2.45, 2.75) is 51.5 Å². The van der Waals surface area contributed by atoms with E-state index in [1.54, 1.807) is 7.11 Å². The molecule has 5 nitrogen and oxygen atoms in total. The molecule has 1 aliphatic carbocycles. The van der Waals surface area contributed by atoms with Gasteiger partial charge in [0.2, 0.25) is 5.91 Å². The number of benzene rings is 2. The second-order valence-corrected chi connectivity index (χ2v) is 9.94. The molecule has 2 aliphatic rings. The first-order valence-corrected chi connectivity index (χ1v) is 12.5. The highest BCUT2D eigenvalue weighted by Crippen LogP contribution is 2.36. The Balaban J connectivity index is 1.39. The van der Waals surface area contributed by atoms with Gasteiger partial charge in [-0.2, -0.15) is 0 Å². The largest absolute Gasteiger partial charge is 0.495 e. The van der Waals surface area contributed by atoms with Gasteiger partial charge in [-0.05, 0) is 37.0 Å². The minimum atomic E-state index is -0.213. The van der Waals surface area contributed by atoms with Crippen LogP contribution >= 0.6 is 0 Å². The summed E-state index contributed by atoms with van der Waals surface area (Å²) in [6.07, 6.45) is 6.47. The van der Waals surface area contributed by atoms with E-state index in [0.717, 1.165) is 70.6 Å². The highest BCUT2D eigenvalue weighted by molar-refractivity contribution is 5.82. The van der Waals surface area contributed by atoms with Crippen LogP contribution in [0, 0.1) is 5.41 Å². The van der Waals surface area contributed by atoms with Crippen molar-refractivity contribution >= 4 is 11.6 Å². The average Bonchev–Trinajstić information content (AvgIpc) is 2.85. The van der Waals surface area contributed by atoms with Crippen LogP contribution in [0.15, 0.2) is 54.6 Å². The minimum Gasteiger partial charge on any atom is -0.495 e. The van der Waals surface area contributed by atoms with Crippen LogP contribution in [-0.4, -0.2) is 56.7 Å². The molecule has 5 heteroatoms. The van der Waals surface area contributed by atoms with E-state index >= 15 is 0 Å². The smallest absolute Gasteiger partial charge is 0.226 e. The Morgan fingerprint density at radius 2 is 1.64 bits per heavy atom. The van der Waals surface area contributed by atoms with Crippen molar-refractivity contribution < 1.29 is 9.53 Å². The van der Waals surface area contributed by atoms with Crippen molar-refractivity contribution in [3.8, 4) is 5.75 Å². The second kappa shape index (κ2) is 11.1. The first-order chi connectivity index (χ1) is 16.1. The van der Waals surface area contributed by atoms with Crippen molar-refractivity contribution in [3.63, 3.8) is 0 Å². The Morgan fingerprint density at radius 3 is 2.33 bits per heavy atom. The number of nitrogens with zero attached hydrogens (tertiary/aromatic N) is 2. The van der Waals surface area contributed by atoms with E-state index < -0.39 is 0 Å². The maximum Gasteiger partial charge on any atom is 0.226 e. The molecule has 0 radical (unpaired) electrons. The number of amides is 1. The van der Waals surface area contributed by atoms with Crippen LogP contribution in [0.2, 0.25) is 0 Å². The number of carbonyl (C=O) groups excluding carboxylic acids is 1. The van der Waals surface area contributed by atoms with Gasteiger partial charge in [0.05, 0.1) is 12.8 Å². The van der Waals surface area contributed by atoms with Gasteiger partial charge in [0.1, 0.15) is 5.75 Å². The van der Waals surface area contributed by atoms with Gasteiger partial charge in [0.15, 0.2) is 0 Å². The first-order valence-electron chi connectivity index (χ1n) is 12.5. The molecule has 1 N–H and O–H groups in total. The summed E-state index contributed by atoms with van der Waals surface area (Å²) in [5.74, 6) is 1.18. The van der Waals surface area contributed by atoms with Crippen molar-refractivity contribution in [2.75, 3.05) is 44.7 Å². The summed E-state index contributed by atoms with van der Waals surface area (Å²) >= 11 is 0. The molecule has 1 aliphatic heterocycles. The summed E-state index contributed by atoms with van der Waals surface area (Å²) in [6, 6.07) is 18.9. The number of ether oxygens (including phenoxy) is 1. The number of para-hydroxylation sites is 2. The number of hydrogen-bond donors (Lipinski definition) is 1. The summed E-state index contributed by atoms with van der Waals surface area (Å²) in [4.78, 5) is 18.2. The van der Waals surface area contributed by atoms with Gasteiger partial charge in [-0.15, -0.1) is 0 Å². The summed E-state index contributed by atoms with van der Waals surface area (Å²) < 4.78 is 5.56. The second-order valence-electron chi connectivity index (χ2n) is 9.94. The molecular formula is C28H39N3O2. The third-order valence-electron chi connectivity index (χ3n) is 7.44. The van der Waals surface area contributed by atoms with Crippen LogP contribution in [0.4, 0.5) is 5.69 Å². The van der Waals surface area contributed by atoms with Gasteiger partial charge >= 0.3 is 0 Å². The normalized spacial score (nSPS) is 19.6. The maximum absolute atomic E-state index is 13.3. The monoisotopic (exact) mass is 449 g/mol. The Bertz CT molecular complexity index is 887. The first kappa shape index (κ1) is 23.6. The average molecular weight is 450 g/mol. The fraction of sp³-hybridized carbons (Fsp3) is 0.536. The maximum atomic E-state index is 13.3. The number of piperazine rings is 1. The number of methoxy groups -OCH3 is 1. The van der Waals surface area contributed by atoms with Crippen LogP contribution in [0.25, 0.3) is 0 Å². The molecule has 178 valence electrons. The van der Waals surface area contributed by atoms with Crippen molar-refractivity contribution in [1.82, 2.24) is 10.2 Å². The summed E-state index contributed by atoms with van der Waals surface area (Å²) in [5, 5.41) is 3.47. The van der Waals surface area contributed by atoms with Crippen LogP contribution < -0.4 is 15.0 Å². The van der Waals surface area contributed by atoms with E-state index in [1.807, 2.05) is 12.1 Å². The van der Waals surface area contributed by atoms with Gasteiger partial charge in [-0.1, -0.05) is 68.7 Å². The molecule has 2 aromatic rings. The lowest BCUT2D eigenvalue weighted by Crippen LogP contribution is -2.54. The molecular weight excluding hydrogens is 410 g/mol. The zero-order valence-electron chi connectivity index (χ0n) is 20.3. The standard InChI is InChI=1S/C28H39N3O2/c1-28(15-9-4-10-16-28)27(32)29-24(21-23-11-5-3-6-12-23)22-30-17-19-31(20-18-30)25-13-7-8-14-26(25)33-2/h3,5-8,11-14,24H,4,9-10,15-22H2,1-2H3,(H,29,32)/t24-/m0/s1. The summed E-state index contributed by atoms with van der Waals surface area (Å²) in [6.45, 7) is 6.94. The van der Waals surface area contributed by atoms with Gasteiger partial charge in [0.25, 0.3) is 0 Å². The topological polar surface area (TPSA) is 44.8 Å². The lowest BCUT2D eigenvalue weighted by Gasteiger charge is -2.39. The van der Waals surface area contributed by atoms with Crippen LogP contribution in [-0.2, 0) is 11.2 Å². The molecule has 0 spiro atoms. The molecule has 0 bridgehead atoms. The predicted octanol–water partition coefficient (Wildman–Crippen LogP) is 4.52. The van der Waals surface area contributed by atoms with E-state index in [1.165, 1.54) is 17.7 Å². The molecule has 2 fully saturated rings. The Hall–Kier alpha value is -2.53. The van der Waals surface area contributed by atoms with Crippen molar-refractivity contribution in [3.05, 3.63) is 60.2 Å². The fourth-order valence-electron chi connectivity index (χ4n) is 5.35. The van der Waals surface area contributed by atoms with E-state index in [9.17, 15) is 4.79 Å². The van der Waals surface area contributed by atoms with E-state index in [-0.39, 0.29) is 17.4 Å². The molecule has 1 amide bonds. The zero-order chi connectivity index (χ0) is 23.1. The van der Waals surface area contributed by atoms with Crippen LogP contribution in [0.5, 0.6) is 5.75 Å². The molecule has 1 heterocycles. The quantitative estimate of drug-likeness (QED) is 0.644. The van der Waals surface area contributed by atoms with Crippen molar-refractivity contribution in [2.24, 2.45) is 5.41 Å². The zero-order valence-corrected chi connectivity index (χ0v) is 20.3. The van der Waals surface area contributed by atoms with Gasteiger partial charge < -0.3 is 15.0 Å². The Labute approximate surface area is 199 Å². The fourth-order valence-corrected chi connectivity index (χ4v) is 5.35. The summed E-state index contributed by atoms with van der Waals surface area (Å²) in [7, 11) is 1.73. The molecule has 1 saturated heterocycles. The lowest BCUT2D eigenvalue weighted by molar-refractivity contribution is -0.132. The number of carbonyl (C=O) groups is 1. The SMILES string of the molecule is COc1ccccc1N1CCN(C[C@H](Cc2ccccc2)NC(=O)C2(C)CCCCC2)CC1. The number of anilines is 1. The molecule has 2 aromatic carbocycles. The molecule has 33 heavy (non-hydrogen) atoms. The van der Waals surface area contributed by atoms with Gasteiger partial charge in [0, 0.05) is 44.2 Å².